The normalized spacial score (nSPS) is 11.9. The van der Waals surface area contributed by atoms with Crippen LogP contribution in [0.1, 0.15) is 0 Å². The van der Waals surface area contributed by atoms with Crippen LogP contribution >= 0.6 is 0 Å². The lowest BCUT2D eigenvalue weighted by Crippen LogP contribution is -2.11. The van der Waals surface area contributed by atoms with E-state index in [1.165, 1.54) is 16.8 Å². The molecule has 0 aliphatic rings. The molecule has 2 aromatic rings. The van der Waals surface area contributed by atoms with Gasteiger partial charge in [-0.3, -0.25) is 0 Å². The highest BCUT2D eigenvalue weighted by atomic mass is 32.2. The van der Waals surface area contributed by atoms with Crippen LogP contribution < -0.4 is 0 Å². The second-order valence-corrected chi connectivity index (χ2v) is 5.17. The fourth-order valence-corrected chi connectivity index (χ4v) is 2.03. The van der Waals surface area contributed by atoms with E-state index >= 15 is 0 Å². The first-order valence-electron chi connectivity index (χ1n) is 4.64. The lowest BCUT2D eigenvalue weighted by molar-refractivity contribution is 0.234. The average Bonchev–Trinajstić information content (AvgIpc) is 2.82. The third kappa shape index (κ3) is 2.19. The molecule has 0 bridgehead atoms. The van der Waals surface area contributed by atoms with E-state index in [-0.39, 0.29) is 0 Å². The molecule has 4 nitrogen and oxygen atoms in total. The van der Waals surface area contributed by atoms with Gasteiger partial charge in [0.2, 0.25) is 9.84 Å². The van der Waals surface area contributed by atoms with Gasteiger partial charge in [0.15, 0.2) is 0 Å². The highest BCUT2D eigenvalue weighted by Crippen LogP contribution is 2.19. The van der Waals surface area contributed by atoms with Crippen molar-refractivity contribution in [2.45, 2.75) is 10.7 Å². The summed E-state index contributed by atoms with van der Waals surface area (Å²) in [7, 11) is -4.53. The number of hydrogen-bond acceptors (Lipinski definition) is 3. The molecule has 90 valence electrons. The van der Waals surface area contributed by atoms with Gasteiger partial charge >= 0.3 is 5.76 Å². The Morgan fingerprint density at radius 3 is 2.29 bits per heavy atom. The van der Waals surface area contributed by atoms with E-state index in [1.54, 1.807) is 18.5 Å². The molecule has 0 saturated heterocycles. The minimum Gasteiger partial charge on any atom is -0.241 e. The first-order chi connectivity index (χ1) is 8.01. The zero-order valence-electron chi connectivity index (χ0n) is 8.49. The number of nitrogens with zero attached hydrogens (tertiary/aromatic N) is 2. The van der Waals surface area contributed by atoms with Crippen LogP contribution in [0.15, 0.2) is 47.6 Å². The Kier molecular flexibility index (Phi) is 2.93. The monoisotopic (exact) mass is 258 g/mol. The van der Waals surface area contributed by atoms with Gasteiger partial charge in [0.05, 0.1) is 10.6 Å². The number of hydrogen-bond donors (Lipinski definition) is 0. The van der Waals surface area contributed by atoms with Crippen molar-refractivity contribution in [2.24, 2.45) is 0 Å². The Labute approximate surface area is 96.4 Å². The molecule has 0 amide bonds. The second-order valence-electron chi connectivity index (χ2n) is 3.25. The molecule has 0 fully saturated rings. The fraction of sp³-hybridized carbons (Fsp3) is 0.100. The zero-order valence-corrected chi connectivity index (χ0v) is 9.31. The van der Waals surface area contributed by atoms with Crippen LogP contribution in [-0.2, 0) is 9.84 Å². The highest BCUT2D eigenvalue weighted by molar-refractivity contribution is 7.91. The van der Waals surface area contributed by atoms with E-state index in [1.807, 2.05) is 0 Å². The Morgan fingerprint density at radius 1 is 1.18 bits per heavy atom. The van der Waals surface area contributed by atoms with Gasteiger partial charge < -0.3 is 0 Å². The van der Waals surface area contributed by atoms with Crippen molar-refractivity contribution in [3.63, 3.8) is 0 Å². The third-order valence-corrected chi connectivity index (χ3v) is 3.57. The SMILES string of the molecule is O=S(=O)(c1ccc(-n2cccn2)cc1)C(F)F. The van der Waals surface area contributed by atoms with E-state index < -0.39 is 20.5 Å². The highest BCUT2D eigenvalue weighted by Gasteiger charge is 2.26. The van der Waals surface area contributed by atoms with Crippen molar-refractivity contribution in [2.75, 3.05) is 0 Å². The summed E-state index contributed by atoms with van der Waals surface area (Å²) in [4.78, 5) is -0.400. The Morgan fingerprint density at radius 2 is 1.82 bits per heavy atom. The molecule has 0 spiro atoms. The molecule has 17 heavy (non-hydrogen) atoms. The van der Waals surface area contributed by atoms with E-state index in [2.05, 4.69) is 5.10 Å². The molecule has 1 heterocycles. The molecule has 7 heteroatoms. The summed E-state index contributed by atoms with van der Waals surface area (Å²) in [5, 5.41) is 3.93. The minimum atomic E-state index is -4.53. The summed E-state index contributed by atoms with van der Waals surface area (Å²) in [5.41, 5.74) is 0.600. The maximum absolute atomic E-state index is 12.3. The molecule has 0 N–H and O–H groups in total. The summed E-state index contributed by atoms with van der Waals surface area (Å²) in [6.45, 7) is 0. The van der Waals surface area contributed by atoms with E-state index in [0.29, 0.717) is 5.69 Å². The van der Waals surface area contributed by atoms with Crippen LogP contribution in [0.5, 0.6) is 0 Å². The molecule has 0 aliphatic carbocycles. The van der Waals surface area contributed by atoms with E-state index in [0.717, 1.165) is 12.1 Å². The van der Waals surface area contributed by atoms with Gasteiger partial charge in [0.1, 0.15) is 0 Å². The Balaban J connectivity index is 2.38. The number of aromatic nitrogens is 2. The van der Waals surface area contributed by atoms with Crippen LogP contribution in [0, 0.1) is 0 Å². The summed E-state index contributed by atoms with van der Waals surface area (Å²) >= 11 is 0. The first kappa shape index (κ1) is 11.7. The number of benzene rings is 1. The minimum absolute atomic E-state index is 0.400. The summed E-state index contributed by atoms with van der Waals surface area (Å²) in [6.07, 6.45) is 3.22. The molecule has 0 saturated carbocycles. The molecule has 0 atom stereocenters. The molecule has 0 aliphatic heterocycles. The van der Waals surface area contributed by atoms with Crippen molar-refractivity contribution in [3.05, 3.63) is 42.7 Å². The van der Waals surface area contributed by atoms with E-state index in [9.17, 15) is 17.2 Å². The lowest BCUT2D eigenvalue weighted by Gasteiger charge is -2.04. The van der Waals surface area contributed by atoms with Gasteiger partial charge in [-0.05, 0) is 30.3 Å². The molecular formula is C10H8F2N2O2S. The fourth-order valence-electron chi connectivity index (χ4n) is 1.31. The van der Waals surface area contributed by atoms with Crippen molar-refractivity contribution in [3.8, 4) is 5.69 Å². The van der Waals surface area contributed by atoms with Gasteiger partial charge in [-0.1, -0.05) is 0 Å². The van der Waals surface area contributed by atoms with Crippen molar-refractivity contribution in [1.29, 1.82) is 0 Å². The van der Waals surface area contributed by atoms with Crippen LogP contribution in [0.25, 0.3) is 5.69 Å². The maximum atomic E-state index is 12.3. The number of alkyl halides is 2. The largest absolute Gasteiger partial charge is 0.341 e. The van der Waals surface area contributed by atoms with Crippen molar-refractivity contribution in [1.82, 2.24) is 9.78 Å². The third-order valence-electron chi connectivity index (χ3n) is 2.17. The van der Waals surface area contributed by atoms with Gasteiger partial charge in [0, 0.05) is 12.4 Å². The summed E-state index contributed by atoms with van der Waals surface area (Å²) in [5.74, 6) is -3.40. The van der Waals surface area contributed by atoms with E-state index in [4.69, 9.17) is 0 Å². The van der Waals surface area contributed by atoms with Crippen molar-refractivity contribution < 1.29 is 17.2 Å². The standard InChI is InChI=1S/C10H8F2N2O2S/c11-10(12)17(15,16)9-4-2-8(3-5-9)14-7-1-6-13-14/h1-7,10H. The number of sulfone groups is 1. The van der Waals surface area contributed by atoms with Gasteiger partial charge in [-0.2, -0.15) is 13.9 Å². The molecule has 0 radical (unpaired) electrons. The lowest BCUT2D eigenvalue weighted by atomic mass is 10.3. The number of halogens is 2. The van der Waals surface area contributed by atoms with Crippen LogP contribution in [0.4, 0.5) is 8.78 Å². The maximum Gasteiger partial charge on any atom is 0.341 e. The van der Waals surface area contributed by atoms with Gasteiger partial charge in [-0.15, -0.1) is 0 Å². The summed E-state index contributed by atoms with van der Waals surface area (Å²) < 4.78 is 48.3. The topological polar surface area (TPSA) is 52.0 Å². The average molecular weight is 258 g/mol. The van der Waals surface area contributed by atoms with Gasteiger partial charge in [-0.25, -0.2) is 13.1 Å². The zero-order chi connectivity index (χ0) is 12.5. The first-order valence-corrected chi connectivity index (χ1v) is 6.18. The van der Waals surface area contributed by atoms with Crippen molar-refractivity contribution >= 4 is 9.84 Å². The molecule has 1 aromatic heterocycles. The molecule has 1 aromatic carbocycles. The predicted octanol–water partition coefficient (Wildman–Crippen LogP) is 1.87. The van der Waals surface area contributed by atoms with Gasteiger partial charge in [0.25, 0.3) is 0 Å². The quantitative estimate of drug-likeness (QED) is 0.844. The summed E-state index contributed by atoms with van der Waals surface area (Å²) in [6, 6.07) is 6.81. The predicted molar refractivity (Wildman–Crippen MR) is 56.8 cm³/mol. The van der Waals surface area contributed by atoms with Crippen LogP contribution in [0.3, 0.4) is 0 Å². The Bertz CT molecular complexity index is 592. The smallest absolute Gasteiger partial charge is 0.241 e. The molecule has 0 unspecified atom stereocenters. The Hall–Kier alpha value is -1.76. The molecule has 2 rings (SSSR count). The second kappa shape index (κ2) is 4.25. The van der Waals surface area contributed by atoms with Crippen LogP contribution in [0.2, 0.25) is 0 Å². The number of rotatable bonds is 3. The van der Waals surface area contributed by atoms with Crippen LogP contribution in [-0.4, -0.2) is 24.0 Å². The molecular weight excluding hydrogens is 250 g/mol.